The van der Waals surface area contributed by atoms with Crippen molar-refractivity contribution in [2.24, 2.45) is 5.92 Å². The Balaban J connectivity index is 2.28. The zero-order valence-electron chi connectivity index (χ0n) is 13.2. The lowest BCUT2D eigenvalue weighted by Gasteiger charge is -2.26. The Bertz CT molecular complexity index is 670. The lowest BCUT2D eigenvalue weighted by Crippen LogP contribution is -2.41. The van der Waals surface area contributed by atoms with Gasteiger partial charge in [0, 0.05) is 25.2 Å². The zero-order chi connectivity index (χ0) is 17.0. The van der Waals surface area contributed by atoms with E-state index in [1.54, 1.807) is 0 Å². The molecule has 0 unspecified atom stereocenters. The lowest BCUT2D eigenvalue weighted by atomic mass is 10.2. The minimum Gasteiger partial charge on any atom is -0.379 e. The van der Waals surface area contributed by atoms with Gasteiger partial charge in [0.15, 0.2) is 0 Å². The summed E-state index contributed by atoms with van der Waals surface area (Å²) < 4.78 is 45.4. The molecule has 1 amide bonds. The molecule has 0 bridgehead atoms. The molecule has 1 aromatic rings. The summed E-state index contributed by atoms with van der Waals surface area (Å²) in [6, 6.07) is 3.39. The molecule has 128 valence electrons. The maximum atomic E-state index is 14.0. The molecule has 0 radical (unpaired) electrons. The van der Waals surface area contributed by atoms with Crippen LogP contribution in [0.4, 0.5) is 4.39 Å². The van der Waals surface area contributed by atoms with Crippen LogP contribution < -0.4 is 5.32 Å². The Labute approximate surface area is 135 Å². The van der Waals surface area contributed by atoms with Crippen molar-refractivity contribution in [2.75, 3.05) is 32.8 Å². The molecule has 0 saturated carbocycles. The molecule has 0 aliphatic carbocycles. The minimum atomic E-state index is -3.98. The highest BCUT2D eigenvalue weighted by atomic mass is 32.2. The van der Waals surface area contributed by atoms with E-state index in [1.165, 1.54) is 10.4 Å². The SMILES string of the molecule is CC(C)CNC(=O)c1ccc(F)c(S(=O)(=O)N2CCOCC2)c1. The van der Waals surface area contributed by atoms with Crippen LogP contribution in [0.3, 0.4) is 0 Å². The average molecular weight is 344 g/mol. The molecule has 1 saturated heterocycles. The number of nitrogens with one attached hydrogen (secondary N) is 1. The number of morpholine rings is 1. The molecule has 1 fully saturated rings. The molecule has 1 aliphatic heterocycles. The summed E-state index contributed by atoms with van der Waals surface area (Å²) in [5, 5.41) is 2.69. The van der Waals surface area contributed by atoms with Crippen molar-refractivity contribution in [1.82, 2.24) is 9.62 Å². The van der Waals surface area contributed by atoms with Crippen LogP contribution in [0.5, 0.6) is 0 Å². The van der Waals surface area contributed by atoms with Crippen LogP contribution in [0.25, 0.3) is 0 Å². The number of ether oxygens (including phenoxy) is 1. The van der Waals surface area contributed by atoms with E-state index in [0.717, 1.165) is 12.1 Å². The second-order valence-electron chi connectivity index (χ2n) is 5.77. The van der Waals surface area contributed by atoms with Gasteiger partial charge < -0.3 is 10.1 Å². The summed E-state index contributed by atoms with van der Waals surface area (Å²) in [7, 11) is -3.98. The highest BCUT2D eigenvalue weighted by Crippen LogP contribution is 2.21. The fourth-order valence-corrected chi connectivity index (χ4v) is 3.67. The monoisotopic (exact) mass is 344 g/mol. The van der Waals surface area contributed by atoms with Gasteiger partial charge >= 0.3 is 0 Å². The Hall–Kier alpha value is -1.51. The average Bonchev–Trinajstić information content (AvgIpc) is 2.53. The molecule has 1 aliphatic rings. The number of hydrogen-bond donors (Lipinski definition) is 1. The number of hydrogen-bond acceptors (Lipinski definition) is 4. The van der Waals surface area contributed by atoms with Crippen LogP contribution in [0, 0.1) is 11.7 Å². The first kappa shape index (κ1) is 17.8. The van der Waals surface area contributed by atoms with Gasteiger partial charge in [0.1, 0.15) is 10.7 Å². The summed E-state index contributed by atoms with van der Waals surface area (Å²) in [4.78, 5) is 11.6. The number of carbonyl (C=O) groups is 1. The summed E-state index contributed by atoms with van der Waals surface area (Å²) in [6.07, 6.45) is 0. The number of halogens is 1. The fraction of sp³-hybridized carbons (Fsp3) is 0.533. The van der Waals surface area contributed by atoms with Crippen LogP contribution in [0.1, 0.15) is 24.2 Å². The number of rotatable bonds is 5. The Morgan fingerprint density at radius 1 is 1.35 bits per heavy atom. The van der Waals surface area contributed by atoms with Gasteiger partial charge in [-0.15, -0.1) is 0 Å². The number of benzene rings is 1. The van der Waals surface area contributed by atoms with E-state index in [2.05, 4.69) is 5.32 Å². The Morgan fingerprint density at radius 3 is 2.61 bits per heavy atom. The maximum Gasteiger partial charge on any atom is 0.251 e. The molecular formula is C15H21FN2O4S. The molecule has 0 aromatic heterocycles. The number of carbonyl (C=O) groups excluding carboxylic acids is 1. The summed E-state index contributed by atoms with van der Waals surface area (Å²) in [6.45, 7) is 5.24. The molecule has 1 heterocycles. The van der Waals surface area contributed by atoms with Crippen LogP contribution in [-0.2, 0) is 14.8 Å². The van der Waals surface area contributed by atoms with Gasteiger partial charge in [0.2, 0.25) is 10.0 Å². The van der Waals surface area contributed by atoms with Gasteiger partial charge in [-0.05, 0) is 24.1 Å². The predicted molar refractivity (Wildman–Crippen MR) is 83.1 cm³/mol. The van der Waals surface area contributed by atoms with Crippen molar-refractivity contribution in [3.05, 3.63) is 29.6 Å². The van der Waals surface area contributed by atoms with Crippen molar-refractivity contribution < 1.29 is 22.3 Å². The van der Waals surface area contributed by atoms with E-state index in [9.17, 15) is 17.6 Å². The largest absolute Gasteiger partial charge is 0.379 e. The first-order chi connectivity index (χ1) is 10.8. The lowest BCUT2D eigenvalue weighted by molar-refractivity contribution is 0.0729. The van der Waals surface area contributed by atoms with E-state index in [1.807, 2.05) is 13.8 Å². The van der Waals surface area contributed by atoms with Crippen molar-refractivity contribution >= 4 is 15.9 Å². The van der Waals surface area contributed by atoms with E-state index in [4.69, 9.17) is 4.74 Å². The van der Waals surface area contributed by atoms with Gasteiger partial charge in [-0.3, -0.25) is 4.79 Å². The minimum absolute atomic E-state index is 0.124. The van der Waals surface area contributed by atoms with Crippen molar-refractivity contribution in [2.45, 2.75) is 18.7 Å². The van der Waals surface area contributed by atoms with Crippen LogP contribution in [0.2, 0.25) is 0 Å². The first-order valence-electron chi connectivity index (χ1n) is 7.48. The summed E-state index contributed by atoms with van der Waals surface area (Å²) >= 11 is 0. The molecule has 0 atom stereocenters. The smallest absolute Gasteiger partial charge is 0.251 e. The normalized spacial score (nSPS) is 16.5. The van der Waals surface area contributed by atoms with E-state index >= 15 is 0 Å². The van der Waals surface area contributed by atoms with Crippen molar-refractivity contribution in [3.63, 3.8) is 0 Å². The second-order valence-corrected chi connectivity index (χ2v) is 7.67. The van der Waals surface area contributed by atoms with Gasteiger partial charge in [-0.2, -0.15) is 4.31 Å². The third-order valence-corrected chi connectivity index (χ3v) is 5.37. The predicted octanol–water partition coefficient (Wildman–Crippen LogP) is 1.23. The maximum absolute atomic E-state index is 14.0. The standard InChI is InChI=1S/C15H21FN2O4S/c1-11(2)10-17-15(19)12-3-4-13(16)14(9-12)23(20,21)18-5-7-22-8-6-18/h3-4,9,11H,5-8,10H2,1-2H3,(H,17,19). The van der Waals surface area contributed by atoms with Crippen LogP contribution >= 0.6 is 0 Å². The third kappa shape index (κ3) is 4.27. The molecule has 23 heavy (non-hydrogen) atoms. The second kappa shape index (κ2) is 7.37. The number of sulfonamides is 1. The molecule has 0 spiro atoms. The third-order valence-electron chi connectivity index (χ3n) is 3.45. The van der Waals surface area contributed by atoms with E-state index < -0.39 is 26.6 Å². The van der Waals surface area contributed by atoms with Gasteiger partial charge in [-0.25, -0.2) is 12.8 Å². The number of nitrogens with zero attached hydrogens (tertiary/aromatic N) is 1. The van der Waals surface area contributed by atoms with Gasteiger partial charge in [0.05, 0.1) is 13.2 Å². The van der Waals surface area contributed by atoms with Gasteiger partial charge in [-0.1, -0.05) is 13.8 Å². The quantitative estimate of drug-likeness (QED) is 0.872. The molecule has 2 rings (SSSR count). The van der Waals surface area contributed by atoms with E-state index in [0.29, 0.717) is 6.54 Å². The summed E-state index contributed by atoms with van der Waals surface area (Å²) in [5.41, 5.74) is 0.124. The van der Waals surface area contributed by atoms with Crippen LogP contribution in [-0.4, -0.2) is 51.5 Å². The molecule has 6 nitrogen and oxygen atoms in total. The van der Waals surface area contributed by atoms with Crippen LogP contribution in [0.15, 0.2) is 23.1 Å². The molecule has 8 heteroatoms. The number of amides is 1. The van der Waals surface area contributed by atoms with E-state index in [-0.39, 0.29) is 37.8 Å². The highest BCUT2D eigenvalue weighted by molar-refractivity contribution is 7.89. The van der Waals surface area contributed by atoms with Crippen molar-refractivity contribution in [3.8, 4) is 0 Å². The fourth-order valence-electron chi connectivity index (χ4n) is 2.17. The highest BCUT2D eigenvalue weighted by Gasteiger charge is 2.29. The Kier molecular flexibility index (Phi) is 5.72. The molecule has 1 aromatic carbocycles. The Morgan fingerprint density at radius 2 is 2.00 bits per heavy atom. The first-order valence-corrected chi connectivity index (χ1v) is 8.92. The molecular weight excluding hydrogens is 323 g/mol. The molecule has 1 N–H and O–H groups in total. The zero-order valence-corrected chi connectivity index (χ0v) is 14.0. The van der Waals surface area contributed by atoms with Crippen molar-refractivity contribution in [1.29, 1.82) is 0 Å². The summed E-state index contributed by atoms with van der Waals surface area (Å²) in [5.74, 6) is -1.02. The topological polar surface area (TPSA) is 75.7 Å². The van der Waals surface area contributed by atoms with Gasteiger partial charge in [0.25, 0.3) is 5.91 Å².